The molecule has 65 heavy (non-hydrogen) atoms. The molecular weight excluding hydrogens is 849 g/mol. The Labute approximate surface area is 370 Å². The molecule has 1 saturated heterocycles. The van der Waals surface area contributed by atoms with Crippen molar-refractivity contribution in [1.82, 2.24) is 0 Å². The van der Waals surface area contributed by atoms with Gasteiger partial charge < -0.3 is 48.9 Å². The van der Waals surface area contributed by atoms with Crippen molar-refractivity contribution in [3.05, 3.63) is 99.2 Å². The Morgan fingerprint density at radius 3 is 2.29 bits per heavy atom. The normalized spacial score (nSPS) is 29.9. The summed E-state index contributed by atoms with van der Waals surface area (Å²) in [4.78, 5) is 85.4. The quantitative estimate of drug-likeness (QED) is 0.0519. The largest absolute Gasteiger partial charge is 0.507 e. The molecule has 1 aromatic heterocycles. The Kier molecular flexibility index (Phi) is 10.1. The number of carboxylic acid groups (broad SMARTS) is 2. The topological polar surface area (TPSA) is 274 Å². The van der Waals surface area contributed by atoms with Crippen molar-refractivity contribution in [2.45, 2.75) is 92.0 Å². The van der Waals surface area contributed by atoms with Crippen LogP contribution in [-0.4, -0.2) is 79.0 Å². The molecule has 340 valence electrons. The molecule has 3 fully saturated rings. The van der Waals surface area contributed by atoms with Crippen molar-refractivity contribution in [2.24, 2.45) is 27.6 Å². The Balaban J connectivity index is 0.000000178. The number of Topliss-reactive ketones (excluding diaryl/α,β-unsaturated/α-hetero) is 1. The molecule has 17 heteroatoms. The van der Waals surface area contributed by atoms with E-state index in [4.69, 9.17) is 28.5 Å². The van der Waals surface area contributed by atoms with Gasteiger partial charge in [-0.2, -0.15) is 0 Å². The molecule has 17 nitrogen and oxygen atoms in total. The Morgan fingerprint density at radius 1 is 0.954 bits per heavy atom. The van der Waals surface area contributed by atoms with Gasteiger partial charge in [0, 0.05) is 28.5 Å². The van der Waals surface area contributed by atoms with Crippen LogP contribution in [0.3, 0.4) is 0 Å². The molecular formula is C48H46O17. The van der Waals surface area contributed by atoms with Crippen molar-refractivity contribution >= 4 is 41.7 Å². The van der Waals surface area contributed by atoms with Gasteiger partial charge >= 0.3 is 23.9 Å². The van der Waals surface area contributed by atoms with Crippen molar-refractivity contribution in [3.63, 3.8) is 0 Å². The smallest absolute Gasteiger partial charge is 0.347 e. The number of aliphatic hydroxyl groups excluding tert-OH is 1. The average molecular weight is 895 g/mol. The number of hydrogen-bond acceptors (Lipinski definition) is 15. The van der Waals surface area contributed by atoms with Crippen LogP contribution in [-0.2, 0) is 35.3 Å². The molecule has 3 aromatic rings. The maximum Gasteiger partial charge on any atom is 0.347 e. The van der Waals surface area contributed by atoms with Crippen LogP contribution in [0.4, 0.5) is 0 Å². The lowest BCUT2D eigenvalue weighted by atomic mass is 9.39. The number of aryl methyl sites for hydroxylation is 1. The minimum atomic E-state index is -1.60. The second kappa shape index (κ2) is 14.8. The number of aldehydes is 1. The number of esters is 2. The molecule has 2 aliphatic heterocycles. The third-order valence-electron chi connectivity index (χ3n) is 15.0. The van der Waals surface area contributed by atoms with Crippen molar-refractivity contribution in [2.75, 3.05) is 0 Å². The number of carboxylic acids is 2. The summed E-state index contributed by atoms with van der Waals surface area (Å²) in [6.45, 7) is 11.9. The number of aromatic hydroxyl groups is 2. The number of benzene rings is 2. The first-order valence-corrected chi connectivity index (χ1v) is 20.8. The van der Waals surface area contributed by atoms with Gasteiger partial charge in [-0.1, -0.05) is 19.9 Å². The number of furan rings is 1. The Morgan fingerprint density at radius 2 is 1.66 bits per heavy atom. The van der Waals surface area contributed by atoms with Gasteiger partial charge in [0.15, 0.2) is 35.1 Å². The average Bonchev–Trinajstić information content (AvgIpc) is 3.65. The van der Waals surface area contributed by atoms with Crippen LogP contribution < -0.4 is 9.47 Å². The predicted molar refractivity (Wildman–Crippen MR) is 223 cm³/mol. The van der Waals surface area contributed by atoms with Crippen LogP contribution in [0.15, 0.2) is 64.7 Å². The minimum Gasteiger partial charge on any atom is -0.507 e. The number of phenolic OH excluding ortho intramolecular Hbond substituents is 1. The number of aromatic carboxylic acids is 1. The van der Waals surface area contributed by atoms with Crippen molar-refractivity contribution in [1.29, 1.82) is 0 Å². The van der Waals surface area contributed by atoms with Crippen molar-refractivity contribution in [3.8, 4) is 28.7 Å². The first kappa shape index (κ1) is 44.6. The van der Waals surface area contributed by atoms with E-state index in [2.05, 4.69) is 13.8 Å². The standard InChI is InChI=1S/C26H30O5.C22H16O12/c1-22(2)17(27)7-9-23(3)16-6-10-24(4)15(14-8-11-30-13-14)12-18-26(24,31-18)25(16,5)21(29)19(28)20(22)23;1-8-5-12(24)10(6-23)19-15(8)22(31)34-20-11(7-32-14(27)4-3-13(25)26)17(28)16(21(29)30)9(2)18(20)33-19/h7-9,11,13,15-16,18,28H,6,10,12H2,1-5H3;3-6,24,28H,7H2,1-2H3,(H,25,26)(H,29,30). The second-order valence-corrected chi connectivity index (χ2v) is 18.6. The third kappa shape index (κ3) is 6.03. The summed E-state index contributed by atoms with van der Waals surface area (Å²) < 4.78 is 27.8. The number of ether oxygens (including phenoxy) is 4. The molecule has 4 aliphatic carbocycles. The van der Waals surface area contributed by atoms with Gasteiger partial charge in [-0.25, -0.2) is 19.2 Å². The molecule has 6 aliphatic rings. The lowest BCUT2D eigenvalue weighted by molar-refractivity contribution is -0.162. The molecule has 0 radical (unpaired) electrons. The first-order valence-electron chi connectivity index (χ1n) is 20.8. The van der Waals surface area contributed by atoms with Crippen LogP contribution in [0.5, 0.6) is 28.7 Å². The summed E-state index contributed by atoms with van der Waals surface area (Å²) in [5.74, 6) is -8.22. The number of carbonyl (C=O) groups excluding carboxylic acids is 5. The number of epoxide rings is 1. The van der Waals surface area contributed by atoms with E-state index in [9.17, 15) is 54.0 Å². The van der Waals surface area contributed by atoms with Crippen LogP contribution in [0.25, 0.3) is 0 Å². The predicted octanol–water partition coefficient (Wildman–Crippen LogP) is 7.13. The SMILES string of the molecule is CC1(C)C(=O)C=CC2(C)C1=C(O)C(=O)C1(C)C2CCC2(C)C(c3ccoc3)CC3OC321.Cc1cc(O)c(C=O)c2c1C(=O)Oc1c(COC(=O)C=CC(=O)O)c(O)c(C(=O)O)c(C)c1O2. The maximum absolute atomic E-state index is 14.0. The molecule has 7 unspecified atom stereocenters. The summed E-state index contributed by atoms with van der Waals surface area (Å²) in [6.07, 6.45) is 11.1. The molecule has 7 atom stereocenters. The van der Waals surface area contributed by atoms with E-state index >= 15 is 0 Å². The van der Waals surface area contributed by atoms with Gasteiger partial charge in [-0.3, -0.25) is 14.4 Å². The second-order valence-electron chi connectivity index (χ2n) is 18.6. The van der Waals surface area contributed by atoms with Crippen LogP contribution in [0.2, 0.25) is 0 Å². The highest BCUT2D eigenvalue weighted by Crippen LogP contribution is 2.81. The molecule has 5 N–H and O–H groups in total. The highest BCUT2D eigenvalue weighted by Gasteiger charge is 2.87. The highest BCUT2D eigenvalue weighted by molar-refractivity contribution is 6.07. The molecule has 3 heterocycles. The summed E-state index contributed by atoms with van der Waals surface area (Å²) >= 11 is 0. The van der Waals surface area contributed by atoms with Gasteiger partial charge in [0.25, 0.3) is 0 Å². The molecule has 1 spiro atoms. The fourth-order valence-electron chi connectivity index (χ4n) is 12.1. The minimum absolute atomic E-state index is 0.00527. The summed E-state index contributed by atoms with van der Waals surface area (Å²) in [5.41, 5.74) is -3.20. The fourth-order valence-corrected chi connectivity index (χ4v) is 12.1. The molecule has 9 rings (SSSR count). The van der Waals surface area contributed by atoms with Crippen LogP contribution in [0.1, 0.15) is 113 Å². The van der Waals surface area contributed by atoms with E-state index in [0.717, 1.165) is 25.3 Å². The molecule has 2 saturated carbocycles. The van der Waals surface area contributed by atoms with Gasteiger partial charge in [0.05, 0.1) is 40.6 Å². The first-order chi connectivity index (χ1) is 30.4. The number of fused-ring (bicyclic) bond motifs is 5. The zero-order valence-corrected chi connectivity index (χ0v) is 36.4. The summed E-state index contributed by atoms with van der Waals surface area (Å²) in [6, 6.07) is 3.16. The number of ketones is 2. The van der Waals surface area contributed by atoms with Gasteiger partial charge in [0.2, 0.25) is 5.78 Å². The number of allylic oxidation sites excluding steroid dienone is 4. The van der Waals surface area contributed by atoms with Gasteiger partial charge in [0.1, 0.15) is 34.8 Å². The van der Waals surface area contributed by atoms with E-state index in [1.165, 1.54) is 19.4 Å². The number of rotatable bonds is 7. The molecule has 2 aromatic carbocycles. The Bertz CT molecular complexity index is 2770. The molecule has 0 amide bonds. The summed E-state index contributed by atoms with van der Waals surface area (Å²) in [5, 5.41) is 50.3. The van der Waals surface area contributed by atoms with E-state index in [1.807, 2.05) is 39.2 Å². The van der Waals surface area contributed by atoms with E-state index in [-0.39, 0.29) is 69.4 Å². The zero-order valence-electron chi connectivity index (χ0n) is 36.4. The zero-order chi connectivity index (χ0) is 47.5. The number of phenols is 2. The van der Waals surface area contributed by atoms with E-state index in [1.54, 1.807) is 12.3 Å². The number of hydrogen-bond donors (Lipinski definition) is 5. The van der Waals surface area contributed by atoms with Gasteiger partial charge in [-0.05, 0) is 101 Å². The fraction of sp³-hybridized carbons (Fsp3) is 0.396. The lowest BCUT2D eigenvalue weighted by Gasteiger charge is -2.62. The Hall–Kier alpha value is -7.01. The monoisotopic (exact) mass is 894 g/mol. The van der Waals surface area contributed by atoms with E-state index < -0.39 is 92.0 Å². The highest BCUT2D eigenvalue weighted by atomic mass is 16.6. The third-order valence-corrected chi connectivity index (χ3v) is 15.0. The number of carbonyl (C=O) groups is 7. The van der Waals surface area contributed by atoms with Crippen molar-refractivity contribution < 1.29 is 82.5 Å². The number of aliphatic carboxylic acids is 1. The number of aliphatic hydroxyl groups is 1. The van der Waals surface area contributed by atoms with Crippen LogP contribution in [0, 0.1) is 41.4 Å². The summed E-state index contributed by atoms with van der Waals surface area (Å²) in [7, 11) is 0. The maximum atomic E-state index is 14.0. The lowest BCUT2D eigenvalue weighted by Crippen LogP contribution is -2.66. The van der Waals surface area contributed by atoms with E-state index in [0.29, 0.717) is 17.7 Å². The van der Waals surface area contributed by atoms with Gasteiger partial charge in [-0.15, -0.1) is 0 Å². The van der Waals surface area contributed by atoms with Crippen LogP contribution >= 0.6 is 0 Å². The molecule has 0 bridgehead atoms.